The predicted molar refractivity (Wildman–Crippen MR) is 282 cm³/mol. The summed E-state index contributed by atoms with van der Waals surface area (Å²) in [4.78, 5) is 41.4. The molecule has 3 fully saturated rings. The van der Waals surface area contributed by atoms with Gasteiger partial charge in [0, 0.05) is 28.8 Å². The van der Waals surface area contributed by atoms with E-state index in [0.29, 0.717) is 19.8 Å². The van der Waals surface area contributed by atoms with Gasteiger partial charge in [0.25, 0.3) is 11.8 Å². The van der Waals surface area contributed by atoms with E-state index in [4.69, 9.17) is 24.4 Å². The fraction of sp³-hybridized carbons (Fsp3) is 0.339. The molecule has 1 unspecified atom stereocenters. The van der Waals surface area contributed by atoms with Crippen molar-refractivity contribution >= 4 is 41.3 Å². The fourth-order valence-corrected chi connectivity index (χ4v) is 9.74. The van der Waals surface area contributed by atoms with Gasteiger partial charge in [-0.15, -0.1) is 0 Å². The first kappa shape index (κ1) is 56.0. The van der Waals surface area contributed by atoms with Crippen LogP contribution in [0.3, 0.4) is 0 Å². The van der Waals surface area contributed by atoms with Gasteiger partial charge in [-0.1, -0.05) is 151 Å². The summed E-state index contributed by atoms with van der Waals surface area (Å²) in [6, 6.07) is 35.5. The first-order valence-electron chi connectivity index (χ1n) is 22.6. The van der Waals surface area contributed by atoms with Gasteiger partial charge >= 0.3 is 0 Å². The second kappa shape index (κ2) is 22.9. The SMILES string of the molecule is C.C.C.C=CC=C.C=c1cccc/c1=C\O.C[C@@H]1OC[C@@]2(C)C=CC(=O)N12.C[C@@H]1OC[C@@]2(C)c3cc4ccccc4cc3C(=O)N12.C[C@@H]1OC[C@@]2(C)c3ccccc3C(=O)N12.OC1Cc2ccccc21. The smallest absolute Gasteiger partial charge is 0.257 e. The summed E-state index contributed by atoms with van der Waals surface area (Å²) in [5.74, 6) is 0.254. The average molecular weight is 952 g/mol. The van der Waals surface area contributed by atoms with Crippen LogP contribution in [0, 0.1) is 0 Å². The molecule has 5 aromatic carbocycles. The van der Waals surface area contributed by atoms with Crippen molar-refractivity contribution in [2.24, 2.45) is 0 Å². The Morgan fingerprint density at radius 3 is 1.67 bits per heavy atom. The first-order chi connectivity index (χ1) is 32.0. The minimum atomic E-state index is -0.310. The zero-order valence-electron chi connectivity index (χ0n) is 39.2. The highest BCUT2D eigenvalue weighted by Gasteiger charge is 2.54. The number of ether oxygens (including phenoxy) is 3. The lowest BCUT2D eigenvalue weighted by atomic mass is 9.86. The first-order valence-corrected chi connectivity index (χ1v) is 22.6. The Labute approximate surface area is 415 Å². The van der Waals surface area contributed by atoms with E-state index in [2.05, 4.69) is 57.8 Å². The summed E-state index contributed by atoms with van der Waals surface area (Å²) in [5.41, 5.74) is 5.52. The summed E-state index contributed by atoms with van der Waals surface area (Å²) in [6.45, 7) is 24.2. The van der Waals surface area contributed by atoms with Crippen LogP contribution in [0.1, 0.15) is 113 Å². The van der Waals surface area contributed by atoms with Gasteiger partial charge in [0.15, 0.2) is 0 Å². The maximum absolute atomic E-state index is 12.6. The van der Waals surface area contributed by atoms with Gasteiger partial charge in [-0.25, -0.2) is 0 Å². The molecule has 0 aromatic heterocycles. The van der Waals surface area contributed by atoms with Gasteiger partial charge in [0.1, 0.15) is 18.7 Å². The normalized spacial score (nSPS) is 26.2. The van der Waals surface area contributed by atoms with Crippen molar-refractivity contribution in [1.29, 1.82) is 0 Å². The largest absolute Gasteiger partial charge is 0.515 e. The third-order valence-electron chi connectivity index (χ3n) is 13.4. The maximum atomic E-state index is 12.6. The minimum Gasteiger partial charge on any atom is -0.515 e. The van der Waals surface area contributed by atoms with E-state index in [0.717, 1.165) is 56.3 Å². The van der Waals surface area contributed by atoms with E-state index >= 15 is 0 Å². The molecule has 0 radical (unpaired) electrons. The average Bonchev–Trinajstić information content (AvgIpc) is 4.12. The molecule has 0 bridgehead atoms. The summed E-state index contributed by atoms with van der Waals surface area (Å²) < 4.78 is 16.6. The lowest BCUT2D eigenvalue weighted by Crippen LogP contribution is -2.43. The van der Waals surface area contributed by atoms with Crippen LogP contribution in [-0.2, 0) is 36.5 Å². The molecule has 0 saturated carbocycles. The summed E-state index contributed by atoms with van der Waals surface area (Å²) in [7, 11) is 0. The number of benzene rings is 5. The Kier molecular flexibility index (Phi) is 18.3. The summed E-state index contributed by atoms with van der Waals surface area (Å²) in [6.07, 6.45) is 8.21. The molecule has 3 saturated heterocycles. The van der Waals surface area contributed by atoms with Crippen LogP contribution in [0.15, 0.2) is 147 Å². The molecule has 3 amide bonds. The van der Waals surface area contributed by atoms with Gasteiger partial charge in [-0.05, 0) is 98.0 Å². The van der Waals surface area contributed by atoms with Crippen molar-refractivity contribution in [1.82, 2.24) is 14.7 Å². The highest BCUT2D eigenvalue weighted by molar-refractivity contribution is 6.04. The number of allylic oxidation sites excluding steroid dienone is 2. The van der Waals surface area contributed by atoms with E-state index in [1.807, 2.05) is 128 Å². The molecule has 5 aromatic rings. The number of carbonyl (C=O) groups excluding carboxylic acids is 3. The monoisotopic (exact) mass is 952 g/mol. The molecule has 12 rings (SSSR count). The maximum Gasteiger partial charge on any atom is 0.257 e. The van der Waals surface area contributed by atoms with E-state index in [1.165, 1.54) is 10.9 Å². The highest BCUT2D eigenvalue weighted by Crippen LogP contribution is 2.47. The fourth-order valence-electron chi connectivity index (χ4n) is 9.74. The predicted octanol–water partition coefficient (Wildman–Crippen LogP) is 10.1. The van der Waals surface area contributed by atoms with Crippen LogP contribution in [-0.4, -0.2) is 86.7 Å². The van der Waals surface area contributed by atoms with Crippen molar-refractivity contribution in [3.8, 4) is 0 Å². The van der Waals surface area contributed by atoms with Crippen LogP contribution in [0.4, 0.5) is 0 Å². The van der Waals surface area contributed by atoms with Gasteiger partial charge in [-0.2, -0.15) is 0 Å². The van der Waals surface area contributed by atoms with E-state index in [9.17, 15) is 14.4 Å². The Balaban J connectivity index is 0.000000190. The molecular weight excluding hydrogens is 879 g/mol. The molecule has 1 aliphatic carbocycles. The van der Waals surface area contributed by atoms with E-state index in [1.54, 1.807) is 23.1 Å². The Hall–Kier alpha value is -6.63. The molecule has 7 aliphatic rings. The summed E-state index contributed by atoms with van der Waals surface area (Å²) in [5, 5.41) is 21.6. The van der Waals surface area contributed by atoms with Crippen LogP contribution < -0.4 is 10.4 Å². The molecule has 6 heterocycles. The lowest BCUT2D eigenvalue weighted by molar-refractivity contribution is -0.131. The molecule has 6 aliphatic heterocycles. The van der Waals surface area contributed by atoms with Crippen molar-refractivity contribution in [3.63, 3.8) is 0 Å². The number of fused-ring (bicyclic) bond motifs is 9. The quantitative estimate of drug-likeness (QED) is 0.159. The number of rotatable bonds is 1. The van der Waals surface area contributed by atoms with E-state index in [-0.39, 0.29) is 81.4 Å². The topological polar surface area (TPSA) is 129 Å². The standard InChI is InChI=1S/C16H15NO2.C12H13NO2.C8H11NO2.2C8H8O.C4H6.3CH4/c1-10-17-15(18)13-7-11-5-3-4-6-12(11)8-14(13)16(17,2)9-19-10;1-8-13-11(14)9-5-3-4-6-10(9)12(13,2)7-15-8;1-6-9-7(10)3-4-8(9,2)5-11-6;9-8-5-6-3-1-2-4-7(6)8;1-7-4-2-3-5-8(7)6-9;1-3-4-2;;;/h3-8,10H,9H2,1-2H3;3-6,8H,7H2,1-2H3;3-4,6H,5H2,1-2H3;1-4,8-9H,5H2;2-6,9H,1H2;3-4H,1-2H2;3*1H4/b;;;;8-6+;;;;/t10-,16-;8-,12-;6-,8+;;;;;;/m000....../s1. The van der Waals surface area contributed by atoms with Crippen molar-refractivity contribution in [3.05, 3.63) is 190 Å². The highest BCUT2D eigenvalue weighted by atomic mass is 16.5. The van der Waals surface area contributed by atoms with Gasteiger partial charge in [0.2, 0.25) is 5.91 Å². The molecule has 11 heteroatoms. The van der Waals surface area contributed by atoms with Gasteiger partial charge < -0.3 is 39.1 Å². The minimum absolute atomic E-state index is 0. The molecule has 70 heavy (non-hydrogen) atoms. The second-order valence-corrected chi connectivity index (χ2v) is 18.0. The number of aliphatic hydroxyl groups excluding tert-OH is 2. The third-order valence-corrected chi connectivity index (χ3v) is 13.4. The number of hydrogen-bond acceptors (Lipinski definition) is 8. The van der Waals surface area contributed by atoms with E-state index < -0.39 is 0 Å². The van der Waals surface area contributed by atoms with Crippen LogP contribution in [0.5, 0.6) is 0 Å². The number of amides is 3. The summed E-state index contributed by atoms with van der Waals surface area (Å²) >= 11 is 0. The molecule has 2 N–H and O–H groups in total. The van der Waals surface area contributed by atoms with Crippen LogP contribution in [0.2, 0.25) is 0 Å². The van der Waals surface area contributed by atoms with Crippen molar-refractivity contribution < 1.29 is 38.8 Å². The molecular formula is C59H73N3O8. The Morgan fingerprint density at radius 1 is 0.629 bits per heavy atom. The second-order valence-electron chi connectivity index (χ2n) is 18.0. The number of aliphatic hydroxyl groups is 2. The lowest BCUT2D eigenvalue weighted by Gasteiger charge is -2.28. The van der Waals surface area contributed by atoms with Crippen LogP contribution in [0.25, 0.3) is 23.6 Å². The molecule has 11 nitrogen and oxygen atoms in total. The van der Waals surface area contributed by atoms with Crippen molar-refractivity contribution in [2.45, 2.75) is 112 Å². The zero-order valence-corrected chi connectivity index (χ0v) is 39.2. The third kappa shape index (κ3) is 10.4. The number of nitrogens with zero attached hydrogens (tertiary/aromatic N) is 3. The number of hydrogen-bond donors (Lipinski definition) is 2. The zero-order chi connectivity index (χ0) is 48.3. The van der Waals surface area contributed by atoms with Crippen LogP contribution >= 0.6 is 0 Å². The van der Waals surface area contributed by atoms with Gasteiger partial charge in [0.05, 0.1) is 48.8 Å². The van der Waals surface area contributed by atoms with Gasteiger partial charge in [-0.3, -0.25) is 14.4 Å². The molecule has 0 spiro atoms. The molecule has 372 valence electrons. The Bertz CT molecular complexity index is 2840. The molecule has 7 atom stereocenters. The van der Waals surface area contributed by atoms with Crippen molar-refractivity contribution in [2.75, 3.05) is 19.8 Å². The number of carbonyl (C=O) groups is 3. The Morgan fingerprint density at radius 2 is 1.13 bits per heavy atom.